The Morgan fingerprint density at radius 1 is 1.18 bits per heavy atom. The van der Waals surface area contributed by atoms with E-state index >= 15 is 0 Å². The fourth-order valence-electron chi connectivity index (χ4n) is 3.50. The first-order valence-corrected chi connectivity index (χ1v) is 9.33. The van der Waals surface area contributed by atoms with Crippen LogP contribution in [0.3, 0.4) is 0 Å². The smallest absolute Gasteiger partial charge is 0.280 e. The van der Waals surface area contributed by atoms with Gasteiger partial charge in [-0.3, -0.25) is 9.59 Å². The molecular weight excluding hydrogens is 356 g/mol. The number of amides is 2. The average Bonchev–Trinajstić information content (AvgIpc) is 3.12. The molecule has 28 heavy (non-hydrogen) atoms. The zero-order valence-corrected chi connectivity index (χ0v) is 15.9. The van der Waals surface area contributed by atoms with Gasteiger partial charge in [-0.15, -0.1) is 0 Å². The Kier molecular flexibility index (Phi) is 4.50. The maximum atomic E-state index is 13.0. The Labute approximate surface area is 162 Å². The molecule has 0 spiro atoms. The number of likely N-dealkylation sites (N-methyl/N-ethyl adjacent to an activating group) is 1. The molecule has 1 aliphatic heterocycles. The molecule has 7 nitrogen and oxygen atoms in total. The van der Waals surface area contributed by atoms with Crippen molar-refractivity contribution in [3.63, 3.8) is 0 Å². The molecule has 1 N–H and O–H groups in total. The van der Waals surface area contributed by atoms with Crippen molar-refractivity contribution in [2.75, 3.05) is 18.0 Å². The molecule has 0 bridgehead atoms. The molecule has 3 aromatic rings. The molecule has 0 aliphatic carbocycles. The number of aromatic nitrogens is 2. The minimum absolute atomic E-state index is 0.360. The van der Waals surface area contributed by atoms with E-state index in [1.165, 1.54) is 6.92 Å². The van der Waals surface area contributed by atoms with E-state index in [9.17, 15) is 9.59 Å². The molecule has 0 saturated heterocycles. The molecule has 0 fully saturated rings. The highest BCUT2D eigenvalue weighted by molar-refractivity contribution is 6.16. The number of nitrogens with one attached hydrogen (secondary N) is 1. The third-order valence-corrected chi connectivity index (χ3v) is 5.04. The molecule has 2 aromatic carbocycles. The quantitative estimate of drug-likeness (QED) is 0.692. The molecule has 0 saturated carbocycles. The van der Waals surface area contributed by atoms with E-state index in [-0.39, 0.29) is 5.91 Å². The summed E-state index contributed by atoms with van der Waals surface area (Å²) in [5.41, 5.74) is 0.993. The fraction of sp³-hybridized carbons (Fsp3) is 0.286. The second kappa shape index (κ2) is 6.99. The average molecular weight is 378 g/mol. The Morgan fingerprint density at radius 2 is 1.93 bits per heavy atom. The van der Waals surface area contributed by atoms with Gasteiger partial charge in [0.15, 0.2) is 0 Å². The standard InChI is InChI=1S/C21H22N4O3/c1-3-25-17-10-6-7-11-18(17)28-21(2,20(25)27)19(26)22-12-13-24-14-23-15-8-4-5-9-16(15)24/h4-11,14H,3,12-13H2,1-2H3,(H,22,26). The lowest BCUT2D eigenvalue weighted by Crippen LogP contribution is -2.62. The van der Waals surface area contributed by atoms with Gasteiger partial charge in [0.05, 0.1) is 23.0 Å². The number of nitrogens with zero attached hydrogens (tertiary/aromatic N) is 3. The number of fused-ring (bicyclic) bond motifs is 2. The summed E-state index contributed by atoms with van der Waals surface area (Å²) in [6, 6.07) is 15.1. The zero-order chi connectivity index (χ0) is 19.7. The Balaban J connectivity index is 1.49. The van der Waals surface area contributed by atoms with Gasteiger partial charge in [0.1, 0.15) is 5.75 Å². The Morgan fingerprint density at radius 3 is 2.75 bits per heavy atom. The number of hydrogen-bond donors (Lipinski definition) is 1. The number of carbonyl (C=O) groups excluding carboxylic acids is 2. The molecule has 2 heterocycles. The van der Waals surface area contributed by atoms with Crippen molar-refractivity contribution in [1.82, 2.24) is 14.9 Å². The summed E-state index contributed by atoms with van der Waals surface area (Å²) in [5.74, 6) is -0.281. The molecule has 4 rings (SSSR count). The van der Waals surface area contributed by atoms with Crippen molar-refractivity contribution in [2.45, 2.75) is 26.0 Å². The number of para-hydroxylation sites is 4. The highest BCUT2D eigenvalue weighted by atomic mass is 16.5. The Bertz CT molecular complexity index is 1040. The van der Waals surface area contributed by atoms with Crippen LogP contribution in [0, 0.1) is 0 Å². The van der Waals surface area contributed by atoms with Gasteiger partial charge in [0.2, 0.25) is 0 Å². The van der Waals surface area contributed by atoms with Crippen LogP contribution in [0.4, 0.5) is 5.69 Å². The van der Waals surface area contributed by atoms with E-state index < -0.39 is 11.5 Å². The van der Waals surface area contributed by atoms with Crippen molar-refractivity contribution in [3.8, 4) is 5.75 Å². The number of benzene rings is 2. The number of ether oxygens (including phenoxy) is 1. The maximum Gasteiger partial charge on any atom is 0.280 e. The zero-order valence-electron chi connectivity index (χ0n) is 15.9. The van der Waals surface area contributed by atoms with Crippen LogP contribution >= 0.6 is 0 Å². The molecule has 1 aliphatic rings. The van der Waals surface area contributed by atoms with Gasteiger partial charge in [0.25, 0.3) is 17.4 Å². The summed E-state index contributed by atoms with van der Waals surface area (Å²) in [7, 11) is 0. The van der Waals surface area contributed by atoms with Crippen LogP contribution in [0.15, 0.2) is 54.9 Å². The topological polar surface area (TPSA) is 76.5 Å². The number of carbonyl (C=O) groups is 2. The molecule has 1 unspecified atom stereocenters. The molecule has 2 amide bonds. The number of anilines is 1. The number of hydrogen-bond acceptors (Lipinski definition) is 4. The van der Waals surface area contributed by atoms with E-state index in [4.69, 9.17) is 4.74 Å². The molecule has 0 radical (unpaired) electrons. The monoisotopic (exact) mass is 378 g/mol. The second-order valence-corrected chi connectivity index (χ2v) is 6.84. The number of imidazole rings is 1. The lowest BCUT2D eigenvalue weighted by molar-refractivity contribution is -0.148. The molecule has 7 heteroatoms. The van der Waals surface area contributed by atoms with Gasteiger partial charge in [-0.1, -0.05) is 24.3 Å². The normalized spacial score (nSPS) is 18.6. The highest BCUT2D eigenvalue weighted by Crippen LogP contribution is 2.37. The van der Waals surface area contributed by atoms with E-state index in [1.54, 1.807) is 17.3 Å². The van der Waals surface area contributed by atoms with Crippen molar-refractivity contribution >= 4 is 28.5 Å². The summed E-state index contributed by atoms with van der Waals surface area (Å²) >= 11 is 0. The van der Waals surface area contributed by atoms with Gasteiger partial charge in [-0.2, -0.15) is 0 Å². The lowest BCUT2D eigenvalue weighted by atomic mass is 10.00. The second-order valence-electron chi connectivity index (χ2n) is 6.84. The number of rotatable bonds is 5. The van der Waals surface area contributed by atoms with E-state index in [0.29, 0.717) is 31.1 Å². The molecule has 1 aromatic heterocycles. The van der Waals surface area contributed by atoms with Crippen molar-refractivity contribution in [1.29, 1.82) is 0 Å². The summed E-state index contributed by atoms with van der Waals surface area (Å²) in [6.07, 6.45) is 1.75. The first-order chi connectivity index (χ1) is 13.5. The van der Waals surface area contributed by atoms with Crippen LogP contribution in [0.2, 0.25) is 0 Å². The summed E-state index contributed by atoms with van der Waals surface area (Å²) in [6.45, 7) is 4.77. The van der Waals surface area contributed by atoms with Crippen molar-refractivity contribution < 1.29 is 14.3 Å². The predicted molar refractivity (Wildman–Crippen MR) is 106 cm³/mol. The van der Waals surface area contributed by atoms with Crippen LogP contribution in [0.25, 0.3) is 11.0 Å². The molecule has 144 valence electrons. The van der Waals surface area contributed by atoms with Gasteiger partial charge in [-0.25, -0.2) is 4.98 Å². The third-order valence-electron chi connectivity index (χ3n) is 5.04. The van der Waals surface area contributed by atoms with Crippen LogP contribution in [-0.2, 0) is 16.1 Å². The Hall–Kier alpha value is -3.35. The van der Waals surface area contributed by atoms with Gasteiger partial charge in [0, 0.05) is 19.6 Å². The largest absolute Gasteiger partial charge is 0.466 e. The summed E-state index contributed by atoms with van der Waals surface area (Å²) in [4.78, 5) is 31.8. The first kappa shape index (κ1) is 18.0. The predicted octanol–water partition coefficient (Wildman–Crippen LogP) is 2.36. The van der Waals surface area contributed by atoms with E-state index in [2.05, 4.69) is 10.3 Å². The fourth-order valence-corrected chi connectivity index (χ4v) is 3.50. The van der Waals surface area contributed by atoms with Crippen LogP contribution < -0.4 is 15.0 Å². The summed E-state index contributed by atoms with van der Waals surface area (Å²) in [5, 5.41) is 2.84. The van der Waals surface area contributed by atoms with Crippen LogP contribution in [0.5, 0.6) is 5.75 Å². The molecular formula is C21H22N4O3. The highest BCUT2D eigenvalue weighted by Gasteiger charge is 2.50. The van der Waals surface area contributed by atoms with Crippen molar-refractivity contribution in [2.24, 2.45) is 0 Å². The van der Waals surface area contributed by atoms with Gasteiger partial charge < -0.3 is 19.5 Å². The van der Waals surface area contributed by atoms with Crippen LogP contribution in [-0.4, -0.2) is 40.1 Å². The molecule has 1 atom stereocenters. The maximum absolute atomic E-state index is 13.0. The van der Waals surface area contributed by atoms with Gasteiger partial charge in [-0.05, 0) is 38.1 Å². The van der Waals surface area contributed by atoms with E-state index in [1.807, 2.05) is 54.0 Å². The van der Waals surface area contributed by atoms with Crippen molar-refractivity contribution in [3.05, 3.63) is 54.9 Å². The van der Waals surface area contributed by atoms with Gasteiger partial charge >= 0.3 is 0 Å². The SMILES string of the molecule is CCN1C(=O)C(C)(C(=O)NCCn2cnc3ccccc32)Oc2ccccc21. The summed E-state index contributed by atoms with van der Waals surface area (Å²) < 4.78 is 7.83. The first-order valence-electron chi connectivity index (χ1n) is 9.33. The van der Waals surface area contributed by atoms with E-state index in [0.717, 1.165) is 11.0 Å². The lowest BCUT2D eigenvalue weighted by Gasteiger charge is -2.39. The third kappa shape index (κ3) is 2.89. The minimum Gasteiger partial charge on any atom is -0.466 e. The minimum atomic E-state index is -1.60. The van der Waals surface area contributed by atoms with Crippen LogP contribution in [0.1, 0.15) is 13.8 Å².